The lowest BCUT2D eigenvalue weighted by atomic mass is 10.2. The van der Waals surface area contributed by atoms with E-state index in [1.165, 1.54) is 13.2 Å². The van der Waals surface area contributed by atoms with E-state index >= 15 is 0 Å². The number of fused-ring (bicyclic) bond motifs is 1. The molecule has 0 fully saturated rings. The van der Waals surface area contributed by atoms with Crippen LogP contribution in [0.15, 0.2) is 18.3 Å². The number of pyridine rings is 1. The molecule has 2 N–H and O–H groups in total. The van der Waals surface area contributed by atoms with Gasteiger partial charge in [-0.1, -0.05) is 11.6 Å². The van der Waals surface area contributed by atoms with Crippen LogP contribution in [0.4, 0.5) is 0 Å². The quantitative estimate of drug-likeness (QED) is 0.891. The highest BCUT2D eigenvalue weighted by molar-refractivity contribution is 7.21. The molecule has 0 aliphatic carbocycles. The van der Waals surface area contributed by atoms with Crippen LogP contribution in [-0.2, 0) is 4.79 Å². The van der Waals surface area contributed by atoms with Gasteiger partial charge < -0.3 is 15.1 Å². The topological polar surface area (TPSA) is 90.7 Å². The molecule has 0 radical (unpaired) electrons. The van der Waals surface area contributed by atoms with Crippen LogP contribution in [0.1, 0.15) is 9.67 Å². The van der Waals surface area contributed by atoms with Gasteiger partial charge in [-0.05, 0) is 12.1 Å². The van der Waals surface area contributed by atoms with E-state index in [4.69, 9.17) is 21.8 Å². The highest BCUT2D eigenvalue weighted by Crippen LogP contribution is 2.30. The van der Waals surface area contributed by atoms with Gasteiger partial charge in [0.1, 0.15) is 0 Å². The first kappa shape index (κ1) is 14.7. The third-order valence-electron chi connectivity index (χ3n) is 2.82. The zero-order valence-electron chi connectivity index (χ0n) is 10.4. The van der Waals surface area contributed by atoms with E-state index in [-0.39, 0.29) is 0 Å². The summed E-state index contributed by atoms with van der Waals surface area (Å²) in [5.41, 5.74) is 0.579. The van der Waals surface area contributed by atoms with Gasteiger partial charge in [-0.25, -0.2) is 4.79 Å². The first-order valence-corrected chi connectivity index (χ1v) is 6.80. The standard InChI is InChI=1S/C12H11ClN2O4S/c1-15(8(5-16)12(18)19)11(17)9-4-7-10(20-9)6(13)2-3-14-7/h2-4,8,16H,5H2,1H3,(H,18,19). The average molecular weight is 315 g/mol. The number of carbonyl (C=O) groups is 2. The molecule has 6 nitrogen and oxygen atoms in total. The predicted octanol–water partition coefficient (Wildman–Crippen LogP) is 1.47. The number of hydrogen-bond donors (Lipinski definition) is 2. The Hall–Kier alpha value is -1.70. The molecular weight excluding hydrogens is 304 g/mol. The number of amides is 1. The highest BCUT2D eigenvalue weighted by Gasteiger charge is 2.27. The lowest BCUT2D eigenvalue weighted by Crippen LogP contribution is -2.44. The van der Waals surface area contributed by atoms with E-state index in [9.17, 15) is 9.59 Å². The Balaban J connectivity index is 2.36. The zero-order chi connectivity index (χ0) is 14.9. The van der Waals surface area contributed by atoms with Crippen LogP contribution in [-0.4, -0.2) is 51.7 Å². The number of aliphatic hydroxyl groups excluding tert-OH is 1. The number of aromatic nitrogens is 1. The average Bonchev–Trinajstić information content (AvgIpc) is 2.83. The van der Waals surface area contributed by atoms with E-state index in [2.05, 4.69) is 4.98 Å². The van der Waals surface area contributed by atoms with Gasteiger partial charge in [0.05, 0.1) is 26.7 Å². The predicted molar refractivity (Wildman–Crippen MR) is 75.2 cm³/mol. The fourth-order valence-electron chi connectivity index (χ4n) is 1.69. The van der Waals surface area contributed by atoms with Gasteiger partial charge in [0, 0.05) is 13.2 Å². The molecule has 20 heavy (non-hydrogen) atoms. The number of likely N-dealkylation sites (N-methyl/N-ethyl adjacent to an activating group) is 1. The van der Waals surface area contributed by atoms with E-state index < -0.39 is 24.5 Å². The van der Waals surface area contributed by atoms with Crippen LogP contribution in [0.25, 0.3) is 10.2 Å². The normalized spacial score (nSPS) is 12.3. The summed E-state index contributed by atoms with van der Waals surface area (Å²) in [6, 6.07) is 1.89. The summed E-state index contributed by atoms with van der Waals surface area (Å²) in [6.45, 7) is -0.651. The van der Waals surface area contributed by atoms with Crippen LogP contribution < -0.4 is 0 Å². The van der Waals surface area contributed by atoms with Gasteiger partial charge in [0.2, 0.25) is 0 Å². The number of halogens is 1. The Morgan fingerprint density at radius 1 is 1.55 bits per heavy atom. The maximum atomic E-state index is 12.2. The minimum absolute atomic E-state index is 0.322. The summed E-state index contributed by atoms with van der Waals surface area (Å²) >= 11 is 7.15. The van der Waals surface area contributed by atoms with Crippen molar-refractivity contribution in [1.82, 2.24) is 9.88 Å². The summed E-state index contributed by atoms with van der Waals surface area (Å²) in [5.74, 6) is -1.76. The van der Waals surface area contributed by atoms with Crippen LogP contribution in [0.3, 0.4) is 0 Å². The molecule has 106 valence electrons. The largest absolute Gasteiger partial charge is 0.480 e. The van der Waals surface area contributed by atoms with Gasteiger partial charge in [-0.3, -0.25) is 9.78 Å². The molecule has 2 aromatic heterocycles. The summed E-state index contributed by atoms with van der Waals surface area (Å²) in [5, 5.41) is 18.5. The van der Waals surface area contributed by atoms with Crippen LogP contribution in [0.2, 0.25) is 5.02 Å². The van der Waals surface area contributed by atoms with Crippen molar-refractivity contribution >= 4 is 45.0 Å². The molecule has 8 heteroatoms. The number of carboxylic acids is 1. The second-order valence-electron chi connectivity index (χ2n) is 4.07. The van der Waals surface area contributed by atoms with Gasteiger partial charge in [0.15, 0.2) is 6.04 Å². The van der Waals surface area contributed by atoms with Crippen molar-refractivity contribution in [3.8, 4) is 0 Å². The molecule has 0 saturated carbocycles. The molecule has 1 unspecified atom stereocenters. The van der Waals surface area contributed by atoms with Gasteiger partial charge in [-0.2, -0.15) is 0 Å². The molecule has 1 atom stereocenters. The number of hydrogen-bond acceptors (Lipinski definition) is 5. The van der Waals surface area contributed by atoms with Gasteiger partial charge >= 0.3 is 5.97 Å². The molecule has 0 bridgehead atoms. The van der Waals surface area contributed by atoms with Crippen molar-refractivity contribution in [2.75, 3.05) is 13.7 Å². The van der Waals surface area contributed by atoms with Crippen molar-refractivity contribution in [3.05, 3.63) is 28.2 Å². The molecule has 2 aromatic rings. The van der Waals surface area contributed by atoms with E-state index in [1.54, 1.807) is 12.1 Å². The molecule has 0 aromatic carbocycles. The second kappa shape index (κ2) is 5.74. The number of thiophene rings is 1. The first-order chi connectivity index (χ1) is 9.45. The molecule has 2 rings (SSSR count). The number of aliphatic carboxylic acids is 1. The minimum atomic E-state index is -1.28. The monoisotopic (exact) mass is 314 g/mol. The number of carbonyl (C=O) groups excluding carboxylic acids is 1. The zero-order valence-corrected chi connectivity index (χ0v) is 12.0. The van der Waals surface area contributed by atoms with Crippen LogP contribution >= 0.6 is 22.9 Å². The summed E-state index contributed by atoms with van der Waals surface area (Å²) in [4.78, 5) is 28.6. The first-order valence-electron chi connectivity index (χ1n) is 5.60. The molecule has 0 spiro atoms. The fourth-order valence-corrected chi connectivity index (χ4v) is 2.97. The number of aliphatic hydroxyl groups is 1. The molecule has 2 heterocycles. The number of rotatable bonds is 4. The maximum Gasteiger partial charge on any atom is 0.328 e. The van der Waals surface area contributed by atoms with Gasteiger partial charge in [0.25, 0.3) is 5.91 Å². The highest BCUT2D eigenvalue weighted by atomic mass is 35.5. The van der Waals surface area contributed by atoms with Crippen molar-refractivity contribution < 1.29 is 19.8 Å². The van der Waals surface area contributed by atoms with E-state index in [1.807, 2.05) is 0 Å². The van der Waals surface area contributed by atoms with E-state index in [0.717, 1.165) is 16.2 Å². The Bertz CT molecular complexity index is 673. The van der Waals surface area contributed by atoms with Crippen LogP contribution in [0, 0.1) is 0 Å². The summed E-state index contributed by atoms with van der Waals surface area (Å²) < 4.78 is 0.668. The molecule has 0 aliphatic heterocycles. The molecule has 0 aliphatic rings. The Morgan fingerprint density at radius 3 is 2.80 bits per heavy atom. The Morgan fingerprint density at radius 2 is 2.25 bits per heavy atom. The lowest BCUT2D eigenvalue weighted by molar-refractivity contribution is -0.143. The third-order valence-corrected chi connectivity index (χ3v) is 4.39. The Kier molecular flexibility index (Phi) is 4.22. The smallest absolute Gasteiger partial charge is 0.328 e. The molecule has 0 saturated heterocycles. The molecular formula is C12H11ClN2O4S. The Labute approximate surface area is 123 Å². The SMILES string of the molecule is CN(C(=O)c1cc2nccc(Cl)c2s1)C(CO)C(=O)O. The fraction of sp³-hybridized carbons (Fsp3) is 0.250. The second-order valence-corrected chi connectivity index (χ2v) is 5.53. The third kappa shape index (κ3) is 2.60. The maximum absolute atomic E-state index is 12.2. The minimum Gasteiger partial charge on any atom is -0.480 e. The van der Waals surface area contributed by atoms with Crippen molar-refractivity contribution in [2.45, 2.75) is 6.04 Å². The van der Waals surface area contributed by atoms with E-state index in [0.29, 0.717) is 20.1 Å². The number of nitrogens with zero attached hydrogens (tertiary/aromatic N) is 2. The summed E-state index contributed by atoms with van der Waals surface area (Å²) in [6.07, 6.45) is 1.53. The van der Waals surface area contributed by atoms with Crippen molar-refractivity contribution in [2.24, 2.45) is 0 Å². The van der Waals surface area contributed by atoms with Crippen molar-refractivity contribution in [3.63, 3.8) is 0 Å². The van der Waals surface area contributed by atoms with Crippen molar-refractivity contribution in [1.29, 1.82) is 0 Å². The lowest BCUT2D eigenvalue weighted by Gasteiger charge is -2.22. The summed E-state index contributed by atoms with van der Waals surface area (Å²) in [7, 11) is 1.33. The number of carboxylic acid groups (broad SMARTS) is 1. The van der Waals surface area contributed by atoms with Gasteiger partial charge in [-0.15, -0.1) is 11.3 Å². The molecule has 1 amide bonds. The van der Waals surface area contributed by atoms with Crippen LogP contribution in [0.5, 0.6) is 0 Å².